The highest BCUT2D eigenvalue weighted by Crippen LogP contribution is 1.98. The minimum absolute atomic E-state index is 0.138. The van der Waals surface area contributed by atoms with Crippen LogP contribution in [0.2, 0.25) is 0 Å². The second-order valence-corrected chi connectivity index (χ2v) is 3.43. The number of allylic oxidation sites excluding steroid dienone is 1. The molecule has 88 valence electrons. The number of nitrogens with one attached hydrogen (secondary N) is 1. The van der Waals surface area contributed by atoms with Crippen LogP contribution in [0.5, 0.6) is 0 Å². The van der Waals surface area contributed by atoms with E-state index in [1.54, 1.807) is 12.2 Å². The number of rotatable bonds is 7. The average Bonchev–Trinajstić information content (AvgIpc) is 2.22. The molecule has 0 aromatic heterocycles. The van der Waals surface area contributed by atoms with Crippen molar-refractivity contribution in [1.29, 1.82) is 0 Å². The van der Waals surface area contributed by atoms with Crippen LogP contribution in [-0.2, 0) is 4.79 Å². The molecule has 4 nitrogen and oxygen atoms in total. The predicted molar refractivity (Wildman–Crippen MR) is 59.4 cm³/mol. The Labute approximate surface area is 91.0 Å². The molecule has 0 fully saturated rings. The maximum absolute atomic E-state index is 11.2. The molecule has 0 saturated heterocycles. The van der Waals surface area contributed by atoms with Crippen molar-refractivity contribution in [3.63, 3.8) is 0 Å². The van der Waals surface area contributed by atoms with Gasteiger partial charge < -0.3 is 15.5 Å². The van der Waals surface area contributed by atoms with Crippen LogP contribution in [0, 0.1) is 0 Å². The number of amides is 1. The third-order valence-corrected chi connectivity index (χ3v) is 2.00. The van der Waals surface area contributed by atoms with Gasteiger partial charge in [0.05, 0.1) is 18.8 Å². The highest BCUT2D eigenvalue weighted by atomic mass is 16.3. The third-order valence-electron chi connectivity index (χ3n) is 2.00. The van der Waals surface area contributed by atoms with Crippen LogP contribution in [0.15, 0.2) is 12.2 Å². The van der Waals surface area contributed by atoms with Crippen LogP contribution in [-0.4, -0.2) is 34.9 Å². The molecule has 2 atom stereocenters. The lowest BCUT2D eigenvalue weighted by Gasteiger charge is -2.19. The average molecular weight is 215 g/mol. The van der Waals surface area contributed by atoms with Gasteiger partial charge in [-0.15, -0.1) is 0 Å². The first-order valence-electron chi connectivity index (χ1n) is 5.40. The van der Waals surface area contributed by atoms with Gasteiger partial charge >= 0.3 is 0 Å². The van der Waals surface area contributed by atoms with Crippen molar-refractivity contribution < 1.29 is 15.0 Å². The van der Waals surface area contributed by atoms with E-state index in [2.05, 4.69) is 5.32 Å². The molecule has 4 heteroatoms. The molecular formula is C11H21NO3. The van der Waals surface area contributed by atoms with Gasteiger partial charge in [0.25, 0.3) is 0 Å². The molecule has 0 aromatic carbocycles. The first-order chi connectivity index (χ1) is 7.15. The Balaban J connectivity index is 4.11. The summed E-state index contributed by atoms with van der Waals surface area (Å²) in [7, 11) is 0. The van der Waals surface area contributed by atoms with Crippen molar-refractivity contribution in [1.82, 2.24) is 5.32 Å². The maximum Gasteiger partial charge on any atom is 0.220 e. The monoisotopic (exact) mass is 215 g/mol. The van der Waals surface area contributed by atoms with Gasteiger partial charge in [0.15, 0.2) is 0 Å². The number of carbonyl (C=O) groups is 1. The summed E-state index contributed by atoms with van der Waals surface area (Å²) < 4.78 is 0. The van der Waals surface area contributed by atoms with E-state index in [9.17, 15) is 9.90 Å². The highest BCUT2D eigenvalue weighted by Gasteiger charge is 2.17. The quantitative estimate of drug-likeness (QED) is 0.544. The maximum atomic E-state index is 11.2. The van der Waals surface area contributed by atoms with Crippen LogP contribution >= 0.6 is 0 Å². The van der Waals surface area contributed by atoms with Crippen molar-refractivity contribution in [2.24, 2.45) is 0 Å². The number of aliphatic hydroxyl groups is 2. The zero-order valence-corrected chi connectivity index (χ0v) is 9.44. The molecule has 0 radical (unpaired) electrons. The number of hydrogen-bond acceptors (Lipinski definition) is 3. The fraction of sp³-hybridized carbons (Fsp3) is 0.727. The van der Waals surface area contributed by atoms with E-state index in [-0.39, 0.29) is 12.5 Å². The lowest BCUT2D eigenvalue weighted by atomic mass is 10.1. The minimum Gasteiger partial charge on any atom is -0.394 e. The van der Waals surface area contributed by atoms with Gasteiger partial charge in [-0.1, -0.05) is 26.0 Å². The Morgan fingerprint density at radius 1 is 1.47 bits per heavy atom. The van der Waals surface area contributed by atoms with E-state index >= 15 is 0 Å². The lowest BCUT2D eigenvalue weighted by Crippen LogP contribution is -2.45. The van der Waals surface area contributed by atoms with Gasteiger partial charge in [-0.05, 0) is 12.8 Å². The minimum atomic E-state index is -0.823. The van der Waals surface area contributed by atoms with Gasteiger partial charge in [-0.3, -0.25) is 4.79 Å². The molecule has 0 aliphatic rings. The summed E-state index contributed by atoms with van der Waals surface area (Å²) in [6, 6.07) is -0.605. The van der Waals surface area contributed by atoms with Crippen LogP contribution in [0.4, 0.5) is 0 Å². The van der Waals surface area contributed by atoms with Gasteiger partial charge in [0.1, 0.15) is 0 Å². The largest absolute Gasteiger partial charge is 0.394 e. The summed E-state index contributed by atoms with van der Waals surface area (Å²) in [6.45, 7) is 3.60. The number of aliphatic hydroxyl groups excluding tert-OH is 2. The molecule has 0 aliphatic heterocycles. The van der Waals surface area contributed by atoms with Crippen molar-refractivity contribution in [2.75, 3.05) is 6.61 Å². The van der Waals surface area contributed by atoms with Crippen molar-refractivity contribution >= 4 is 5.91 Å². The molecule has 0 saturated carbocycles. The topological polar surface area (TPSA) is 69.6 Å². The Bertz CT molecular complexity index is 204. The van der Waals surface area contributed by atoms with Gasteiger partial charge in [0.2, 0.25) is 5.91 Å². The Kier molecular flexibility index (Phi) is 7.95. The Morgan fingerprint density at radius 3 is 2.60 bits per heavy atom. The number of hydrogen-bond donors (Lipinski definition) is 3. The standard InChI is InChI=1S/C11H21NO3/c1-3-5-7-10(14)9(8-13)12-11(15)6-4-2/h5,7,9-10,13-14H,3-4,6,8H2,1-2H3,(H,12,15)/b7-5+/t9-,10?/m0/s1. The second kappa shape index (κ2) is 8.44. The van der Waals surface area contributed by atoms with E-state index in [4.69, 9.17) is 5.11 Å². The molecule has 0 bridgehead atoms. The predicted octanol–water partition coefficient (Wildman–Crippen LogP) is 0.591. The third kappa shape index (κ3) is 6.25. The lowest BCUT2D eigenvalue weighted by molar-refractivity contribution is -0.122. The fourth-order valence-corrected chi connectivity index (χ4v) is 1.15. The van der Waals surface area contributed by atoms with Crippen molar-refractivity contribution in [2.45, 2.75) is 45.3 Å². The number of carbonyl (C=O) groups excluding carboxylic acids is 1. The SMILES string of the molecule is CC/C=C/C(O)[C@H](CO)NC(=O)CCC. The van der Waals surface area contributed by atoms with Crippen LogP contribution in [0.3, 0.4) is 0 Å². The van der Waals surface area contributed by atoms with Crippen molar-refractivity contribution in [3.05, 3.63) is 12.2 Å². The van der Waals surface area contributed by atoms with E-state index in [1.807, 2.05) is 13.8 Å². The summed E-state index contributed by atoms with van der Waals surface area (Å²) in [6.07, 6.45) is 4.56. The first kappa shape index (κ1) is 14.1. The molecule has 0 aromatic rings. The van der Waals surface area contributed by atoms with E-state index in [0.29, 0.717) is 6.42 Å². The van der Waals surface area contributed by atoms with Gasteiger partial charge in [-0.25, -0.2) is 0 Å². The summed E-state index contributed by atoms with van der Waals surface area (Å²) in [5, 5.41) is 21.2. The Morgan fingerprint density at radius 2 is 2.13 bits per heavy atom. The molecule has 0 rings (SSSR count). The summed E-state index contributed by atoms with van der Waals surface area (Å²) in [4.78, 5) is 11.2. The second-order valence-electron chi connectivity index (χ2n) is 3.43. The van der Waals surface area contributed by atoms with Crippen molar-refractivity contribution in [3.8, 4) is 0 Å². The summed E-state index contributed by atoms with van der Waals surface area (Å²) >= 11 is 0. The highest BCUT2D eigenvalue weighted by molar-refractivity contribution is 5.76. The Hall–Kier alpha value is -0.870. The van der Waals surface area contributed by atoms with Gasteiger partial charge in [0, 0.05) is 6.42 Å². The van der Waals surface area contributed by atoms with E-state index in [0.717, 1.165) is 12.8 Å². The van der Waals surface area contributed by atoms with E-state index < -0.39 is 12.1 Å². The molecule has 0 aliphatic carbocycles. The molecule has 1 amide bonds. The normalized spacial score (nSPS) is 15.2. The molecule has 1 unspecified atom stereocenters. The van der Waals surface area contributed by atoms with Gasteiger partial charge in [-0.2, -0.15) is 0 Å². The zero-order valence-electron chi connectivity index (χ0n) is 9.44. The molecule has 3 N–H and O–H groups in total. The summed E-state index contributed by atoms with van der Waals surface area (Å²) in [5.41, 5.74) is 0. The summed E-state index contributed by atoms with van der Waals surface area (Å²) in [5.74, 6) is -0.138. The molecular weight excluding hydrogens is 194 g/mol. The van der Waals surface area contributed by atoms with Crippen LogP contribution in [0.25, 0.3) is 0 Å². The van der Waals surface area contributed by atoms with Crippen LogP contribution in [0.1, 0.15) is 33.1 Å². The van der Waals surface area contributed by atoms with E-state index in [1.165, 1.54) is 0 Å². The van der Waals surface area contributed by atoms with Crippen LogP contribution < -0.4 is 5.32 Å². The molecule has 0 heterocycles. The first-order valence-corrected chi connectivity index (χ1v) is 5.40. The molecule has 15 heavy (non-hydrogen) atoms. The molecule has 0 spiro atoms. The smallest absolute Gasteiger partial charge is 0.220 e. The zero-order chi connectivity index (χ0) is 11.7. The fourth-order valence-electron chi connectivity index (χ4n) is 1.15.